The molecule has 0 fully saturated rings. The summed E-state index contributed by atoms with van der Waals surface area (Å²) in [7, 11) is 0. The van der Waals surface area contributed by atoms with Crippen molar-refractivity contribution < 1.29 is 0 Å². The number of aromatic nitrogens is 2. The Kier molecular flexibility index (Phi) is 2.96. The van der Waals surface area contributed by atoms with Crippen molar-refractivity contribution in [1.82, 2.24) is 9.97 Å². The Morgan fingerprint density at radius 3 is 2.68 bits per heavy atom. The summed E-state index contributed by atoms with van der Waals surface area (Å²) >= 11 is 0. The molecule has 0 spiro atoms. The first-order chi connectivity index (χ1) is 9.33. The third-order valence-electron chi connectivity index (χ3n) is 2.94. The maximum Gasteiger partial charge on any atom is 0.0899 e. The van der Waals surface area contributed by atoms with Crippen LogP contribution < -0.4 is 0 Å². The van der Waals surface area contributed by atoms with Gasteiger partial charge in [-0.15, -0.1) is 0 Å². The Labute approximate surface area is 112 Å². The Morgan fingerprint density at radius 1 is 0.895 bits per heavy atom. The number of rotatable bonds is 0. The SMILES string of the molecule is Cc1ccccc1C#Cc1cnc2cccnc2c1. The van der Waals surface area contributed by atoms with Gasteiger partial charge in [0, 0.05) is 23.5 Å². The van der Waals surface area contributed by atoms with Gasteiger partial charge in [0.25, 0.3) is 0 Å². The van der Waals surface area contributed by atoms with Crippen molar-refractivity contribution in [1.29, 1.82) is 0 Å². The average Bonchev–Trinajstić information content (AvgIpc) is 2.46. The van der Waals surface area contributed by atoms with Crippen molar-refractivity contribution in [3.63, 3.8) is 0 Å². The van der Waals surface area contributed by atoms with Crippen LogP contribution in [0.5, 0.6) is 0 Å². The van der Waals surface area contributed by atoms with Gasteiger partial charge in [0.05, 0.1) is 11.0 Å². The molecule has 1 aromatic carbocycles. The van der Waals surface area contributed by atoms with E-state index in [1.165, 1.54) is 5.56 Å². The summed E-state index contributed by atoms with van der Waals surface area (Å²) in [4.78, 5) is 8.63. The lowest BCUT2D eigenvalue weighted by molar-refractivity contribution is 1.33. The molecule has 0 amide bonds. The number of benzene rings is 1. The van der Waals surface area contributed by atoms with Crippen molar-refractivity contribution in [3.05, 3.63) is 71.5 Å². The first-order valence-electron chi connectivity index (χ1n) is 6.11. The second-order valence-electron chi connectivity index (χ2n) is 4.33. The number of aryl methyl sites for hydroxylation is 1. The van der Waals surface area contributed by atoms with Crippen molar-refractivity contribution in [2.45, 2.75) is 6.92 Å². The van der Waals surface area contributed by atoms with Crippen molar-refractivity contribution >= 4 is 11.0 Å². The first-order valence-corrected chi connectivity index (χ1v) is 6.11. The topological polar surface area (TPSA) is 25.8 Å². The van der Waals surface area contributed by atoms with Crippen LogP contribution in [-0.4, -0.2) is 9.97 Å². The number of fused-ring (bicyclic) bond motifs is 1. The molecule has 0 unspecified atom stereocenters. The summed E-state index contributed by atoms with van der Waals surface area (Å²) in [6, 6.07) is 13.9. The Bertz CT molecular complexity index is 795. The van der Waals surface area contributed by atoms with Crippen LogP contribution >= 0.6 is 0 Å². The monoisotopic (exact) mass is 244 g/mol. The smallest absolute Gasteiger partial charge is 0.0899 e. The van der Waals surface area contributed by atoms with Gasteiger partial charge in [-0.05, 0) is 36.8 Å². The molecule has 90 valence electrons. The van der Waals surface area contributed by atoms with E-state index in [-0.39, 0.29) is 0 Å². The van der Waals surface area contributed by atoms with Crippen LogP contribution in [0.15, 0.2) is 54.9 Å². The first kappa shape index (κ1) is 11.4. The molecular weight excluding hydrogens is 232 g/mol. The van der Waals surface area contributed by atoms with Crippen LogP contribution in [-0.2, 0) is 0 Å². The van der Waals surface area contributed by atoms with E-state index in [2.05, 4.69) is 34.8 Å². The molecule has 0 saturated carbocycles. The van der Waals surface area contributed by atoms with Gasteiger partial charge in [-0.3, -0.25) is 9.97 Å². The van der Waals surface area contributed by atoms with Crippen LogP contribution in [0.3, 0.4) is 0 Å². The van der Waals surface area contributed by atoms with Crippen molar-refractivity contribution in [2.75, 3.05) is 0 Å². The molecule has 0 atom stereocenters. The van der Waals surface area contributed by atoms with Gasteiger partial charge >= 0.3 is 0 Å². The number of hydrogen-bond acceptors (Lipinski definition) is 2. The molecule has 0 aliphatic rings. The molecule has 0 aliphatic carbocycles. The van der Waals surface area contributed by atoms with Gasteiger partial charge in [-0.25, -0.2) is 0 Å². The van der Waals surface area contributed by atoms with Gasteiger partial charge < -0.3 is 0 Å². The highest BCUT2D eigenvalue weighted by atomic mass is 14.7. The van der Waals surface area contributed by atoms with Gasteiger partial charge in [-0.1, -0.05) is 30.0 Å². The fourth-order valence-corrected chi connectivity index (χ4v) is 1.87. The van der Waals surface area contributed by atoms with E-state index in [1.54, 1.807) is 12.4 Å². The Morgan fingerprint density at radius 2 is 1.79 bits per heavy atom. The third-order valence-corrected chi connectivity index (χ3v) is 2.94. The van der Waals surface area contributed by atoms with Crippen LogP contribution in [0.2, 0.25) is 0 Å². The van der Waals surface area contributed by atoms with Crippen molar-refractivity contribution in [2.24, 2.45) is 0 Å². The quantitative estimate of drug-likeness (QED) is 0.567. The van der Waals surface area contributed by atoms with E-state index in [4.69, 9.17) is 0 Å². The molecule has 3 aromatic rings. The van der Waals surface area contributed by atoms with E-state index < -0.39 is 0 Å². The maximum absolute atomic E-state index is 4.35. The average molecular weight is 244 g/mol. The van der Waals surface area contributed by atoms with Gasteiger partial charge in [-0.2, -0.15) is 0 Å². The predicted molar refractivity (Wildman–Crippen MR) is 76.7 cm³/mol. The zero-order valence-corrected chi connectivity index (χ0v) is 10.6. The van der Waals surface area contributed by atoms with E-state index in [9.17, 15) is 0 Å². The zero-order valence-electron chi connectivity index (χ0n) is 10.6. The molecule has 0 aliphatic heterocycles. The molecule has 0 radical (unpaired) electrons. The molecule has 0 N–H and O–H groups in total. The zero-order chi connectivity index (χ0) is 13.1. The molecule has 2 aromatic heterocycles. The molecule has 19 heavy (non-hydrogen) atoms. The van der Waals surface area contributed by atoms with E-state index in [0.717, 1.165) is 22.2 Å². The summed E-state index contributed by atoms with van der Waals surface area (Å²) in [6.07, 6.45) is 3.55. The summed E-state index contributed by atoms with van der Waals surface area (Å²) in [5, 5.41) is 0. The molecule has 3 rings (SSSR count). The summed E-state index contributed by atoms with van der Waals surface area (Å²) < 4.78 is 0. The fraction of sp³-hybridized carbons (Fsp3) is 0.0588. The van der Waals surface area contributed by atoms with Crippen LogP contribution in [0.25, 0.3) is 11.0 Å². The minimum atomic E-state index is 0.874. The minimum Gasteiger partial charge on any atom is -0.255 e. The third kappa shape index (κ3) is 2.46. The maximum atomic E-state index is 4.35. The highest BCUT2D eigenvalue weighted by molar-refractivity contribution is 5.75. The molecule has 2 heteroatoms. The Balaban J connectivity index is 2.01. The lowest BCUT2D eigenvalue weighted by Crippen LogP contribution is -1.85. The van der Waals surface area contributed by atoms with Crippen LogP contribution in [0.4, 0.5) is 0 Å². The van der Waals surface area contributed by atoms with Gasteiger partial charge in [0.1, 0.15) is 0 Å². The Hall–Kier alpha value is -2.66. The number of pyridine rings is 2. The second kappa shape index (κ2) is 4.91. The van der Waals surface area contributed by atoms with E-state index >= 15 is 0 Å². The van der Waals surface area contributed by atoms with Gasteiger partial charge in [0.15, 0.2) is 0 Å². The normalized spacial score (nSPS) is 9.95. The second-order valence-corrected chi connectivity index (χ2v) is 4.33. The molecule has 0 saturated heterocycles. The summed E-state index contributed by atoms with van der Waals surface area (Å²) in [6.45, 7) is 2.06. The highest BCUT2D eigenvalue weighted by Gasteiger charge is 1.96. The predicted octanol–water partition coefficient (Wildman–Crippen LogP) is 3.34. The van der Waals surface area contributed by atoms with Gasteiger partial charge in [0.2, 0.25) is 0 Å². The highest BCUT2D eigenvalue weighted by Crippen LogP contribution is 2.10. The minimum absolute atomic E-state index is 0.874. The summed E-state index contributed by atoms with van der Waals surface area (Å²) in [5.74, 6) is 6.32. The van der Waals surface area contributed by atoms with Crippen LogP contribution in [0.1, 0.15) is 16.7 Å². The molecular formula is C17H12N2. The lowest BCUT2D eigenvalue weighted by Gasteiger charge is -1.97. The van der Waals surface area contributed by atoms with E-state index in [0.29, 0.717) is 0 Å². The van der Waals surface area contributed by atoms with Crippen molar-refractivity contribution in [3.8, 4) is 11.8 Å². The molecule has 0 bridgehead atoms. The van der Waals surface area contributed by atoms with E-state index in [1.807, 2.05) is 36.4 Å². The summed E-state index contributed by atoms with van der Waals surface area (Å²) in [5.41, 5.74) is 4.88. The number of hydrogen-bond donors (Lipinski definition) is 0. The molecule has 2 nitrogen and oxygen atoms in total. The standard InChI is InChI=1S/C17H12N2/c1-13-5-2-3-6-15(13)9-8-14-11-17-16(19-12-14)7-4-10-18-17/h2-7,10-12H,1H3. The number of nitrogens with zero attached hydrogens (tertiary/aromatic N) is 2. The van der Waals surface area contributed by atoms with Crippen LogP contribution in [0, 0.1) is 18.8 Å². The molecule has 2 heterocycles. The largest absolute Gasteiger partial charge is 0.255 e. The fourth-order valence-electron chi connectivity index (χ4n) is 1.87. The lowest BCUT2D eigenvalue weighted by atomic mass is 10.1.